The molecule has 13 heavy (non-hydrogen) atoms. The molecule has 0 radical (unpaired) electrons. The van der Waals surface area contributed by atoms with E-state index < -0.39 is 5.97 Å². The first-order chi connectivity index (χ1) is 5.99. The minimum absolute atomic E-state index is 0.0875. The molecule has 0 spiro atoms. The Hall–Kier alpha value is -1.08. The Morgan fingerprint density at radius 2 is 2.08 bits per heavy atom. The van der Waals surface area contributed by atoms with Crippen molar-refractivity contribution in [3.63, 3.8) is 0 Å². The summed E-state index contributed by atoms with van der Waals surface area (Å²) in [4.78, 5) is 12.2. The lowest BCUT2D eigenvalue weighted by atomic mass is 10.2. The van der Waals surface area contributed by atoms with E-state index in [0.29, 0.717) is 6.54 Å². The standard InChI is InChI=1S/C9H16N2O2/c1-7(2)11(8(3)6-10)5-4-9(12)13/h7-8H,4-5H2,1-3H3,(H,12,13). The summed E-state index contributed by atoms with van der Waals surface area (Å²) in [5.41, 5.74) is 0. The van der Waals surface area contributed by atoms with Crippen LogP contribution in [0.5, 0.6) is 0 Å². The van der Waals surface area contributed by atoms with Gasteiger partial charge in [-0.15, -0.1) is 0 Å². The molecule has 0 amide bonds. The Labute approximate surface area is 78.8 Å². The molecule has 74 valence electrons. The monoisotopic (exact) mass is 184 g/mol. The lowest BCUT2D eigenvalue weighted by Gasteiger charge is -2.27. The van der Waals surface area contributed by atoms with Gasteiger partial charge >= 0.3 is 5.97 Å². The van der Waals surface area contributed by atoms with Gasteiger partial charge < -0.3 is 5.11 Å². The highest BCUT2D eigenvalue weighted by atomic mass is 16.4. The number of carboxylic acid groups (broad SMARTS) is 1. The van der Waals surface area contributed by atoms with E-state index in [0.717, 1.165) is 0 Å². The summed E-state index contributed by atoms with van der Waals surface area (Å²) in [6.45, 7) is 6.12. The number of carbonyl (C=O) groups is 1. The molecular weight excluding hydrogens is 168 g/mol. The zero-order chi connectivity index (χ0) is 10.4. The van der Waals surface area contributed by atoms with Gasteiger partial charge in [0.1, 0.15) is 0 Å². The zero-order valence-corrected chi connectivity index (χ0v) is 8.32. The summed E-state index contributed by atoms with van der Waals surface area (Å²) < 4.78 is 0. The topological polar surface area (TPSA) is 64.3 Å². The molecule has 0 saturated heterocycles. The summed E-state index contributed by atoms with van der Waals surface area (Å²) in [7, 11) is 0. The summed E-state index contributed by atoms with van der Waals surface area (Å²) >= 11 is 0. The highest BCUT2D eigenvalue weighted by Gasteiger charge is 2.16. The van der Waals surface area contributed by atoms with Gasteiger partial charge in [0.05, 0.1) is 18.5 Å². The van der Waals surface area contributed by atoms with E-state index in [9.17, 15) is 4.79 Å². The normalized spacial score (nSPS) is 12.9. The van der Waals surface area contributed by atoms with Crippen LogP contribution in [0.15, 0.2) is 0 Å². The van der Waals surface area contributed by atoms with Crippen molar-refractivity contribution in [3.05, 3.63) is 0 Å². The summed E-state index contributed by atoms with van der Waals surface area (Å²) in [6, 6.07) is 2.08. The van der Waals surface area contributed by atoms with E-state index in [1.807, 2.05) is 18.7 Å². The fraction of sp³-hybridized carbons (Fsp3) is 0.778. The number of rotatable bonds is 5. The van der Waals surface area contributed by atoms with E-state index in [4.69, 9.17) is 10.4 Å². The summed E-state index contributed by atoms with van der Waals surface area (Å²) in [5, 5.41) is 17.2. The summed E-state index contributed by atoms with van der Waals surface area (Å²) in [5.74, 6) is -0.823. The zero-order valence-electron chi connectivity index (χ0n) is 8.32. The number of carboxylic acids is 1. The van der Waals surface area contributed by atoms with E-state index in [1.54, 1.807) is 6.92 Å². The van der Waals surface area contributed by atoms with Crippen molar-refractivity contribution in [2.45, 2.75) is 39.3 Å². The number of hydrogen-bond donors (Lipinski definition) is 1. The first-order valence-corrected chi connectivity index (χ1v) is 4.36. The van der Waals surface area contributed by atoms with Gasteiger partial charge in [-0.05, 0) is 20.8 Å². The molecule has 4 nitrogen and oxygen atoms in total. The molecule has 0 aliphatic heterocycles. The van der Waals surface area contributed by atoms with Gasteiger partial charge in [0.25, 0.3) is 0 Å². The van der Waals surface area contributed by atoms with Gasteiger partial charge in [0, 0.05) is 12.6 Å². The van der Waals surface area contributed by atoms with Gasteiger partial charge in [0.15, 0.2) is 0 Å². The summed E-state index contributed by atoms with van der Waals surface area (Å²) in [6.07, 6.45) is 0.0875. The fourth-order valence-electron chi connectivity index (χ4n) is 1.20. The van der Waals surface area contributed by atoms with Gasteiger partial charge in [-0.2, -0.15) is 5.26 Å². The molecule has 0 aromatic carbocycles. The van der Waals surface area contributed by atoms with Crippen molar-refractivity contribution in [2.24, 2.45) is 0 Å². The van der Waals surface area contributed by atoms with Crippen LogP contribution in [0, 0.1) is 11.3 Å². The van der Waals surface area contributed by atoms with Crippen LogP contribution in [0.3, 0.4) is 0 Å². The second kappa shape index (κ2) is 5.55. The molecule has 0 aliphatic carbocycles. The second-order valence-electron chi connectivity index (χ2n) is 3.28. The number of hydrogen-bond acceptors (Lipinski definition) is 3. The van der Waals surface area contributed by atoms with E-state index in [-0.39, 0.29) is 18.5 Å². The quantitative estimate of drug-likeness (QED) is 0.694. The maximum Gasteiger partial charge on any atom is 0.304 e. The highest BCUT2D eigenvalue weighted by Crippen LogP contribution is 2.05. The third kappa shape index (κ3) is 4.48. The Balaban J connectivity index is 4.12. The average Bonchev–Trinajstić information content (AvgIpc) is 2.03. The molecule has 0 aromatic heterocycles. The lowest BCUT2D eigenvalue weighted by Crippen LogP contribution is -2.39. The number of aliphatic carboxylic acids is 1. The molecule has 1 atom stereocenters. The average molecular weight is 184 g/mol. The molecule has 0 saturated carbocycles. The van der Waals surface area contributed by atoms with E-state index >= 15 is 0 Å². The predicted octanol–water partition coefficient (Wildman–Crippen LogP) is 1.08. The van der Waals surface area contributed by atoms with Crippen LogP contribution in [0.25, 0.3) is 0 Å². The first-order valence-electron chi connectivity index (χ1n) is 4.36. The Morgan fingerprint density at radius 3 is 2.38 bits per heavy atom. The minimum Gasteiger partial charge on any atom is -0.481 e. The lowest BCUT2D eigenvalue weighted by molar-refractivity contribution is -0.137. The Kier molecular flexibility index (Phi) is 5.09. The molecule has 1 unspecified atom stereocenters. The van der Waals surface area contributed by atoms with Crippen LogP contribution in [-0.2, 0) is 4.79 Å². The molecule has 0 heterocycles. The van der Waals surface area contributed by atoms with Crippen molar-refractivity contribution in [1.82, 2.24) is 4.90 Å². The van der Waals surface area contributed by atoms with Crippen molar-refractivity contribution in [1.29, 1.82) is 5.26 Å². The van der Waals surface area contributed by atoms with E-state index in [2.05, 4.69) is 6.07 Å². The molecule has 0 rings (SSSR count). The first kappa shape index (κ1) is 11.9. The maximum absolute atomic E-state index is 10.3. The van der Waals surface area contributed by atoms with Crippen LogP contribution in [-0.4, -0.2) is 34.6 Å². The second-order valence-corrected chi connectivity index (χ2v) is 3.28. The largest absolute Gasteiger partial charge is 0.481 e. The van der Waals surface area contributed by atoms with Crippen molar-refractivity contribution < 1.29 is 9.90 Å². The number of nitriles is 1. The minimum atomic E-state index is -0.823. The maximum atomic E-state index is 10.3. The van der Waals surface area contributed by atoms with Crippen molar-refractivity contribution in [2.75, 3.05) is 6.54 Å². The Bertz CT molecular complexity index is 208. The number of nitrogens with zero attached hydrogens (tertiary/aromatic N) is 2. The predicted molar refractivity (Wildman–Crippen MR) is 49.2 cm³/mol. The Morgan fingerprint density at radius 1 is 1.54 bits per heavy atom. The molecule has 0 fully saturated rings. The highest BCUT2D eigenvalue weighted by molar-refractivity contribution is 5.66. The SMILES string of the molecule is CC(C)N(CCC(=O)O)C(C)C#N. The van der Waals surface area contributed by atoms with Gasteiger partial charge in [-0.1, -0.05) is 0 Å². The molecule has 0 aliphatic rings. The molecule has 0 bridgehead atoms. The van der Waals surface area contributed by atoms with Gasteiger partial charge in [0.2, 0.25) is 0 Å². The third-order valence-corrected chi connectivity index (χ3v) is 1.93. The van der Waals surface area contributed by atoms with Crippen LogP contribution in [0.4, 0.5) is 0 Å². The van der Waals surface area contributed by atoms with Crippen molar-refractivity contribution >= 4 is 5.97 Å². The van der Waals surface area contributed by atoms with Crippen LogP contribution in [0.1, 0.15) is 27.2 Å². The van der Waals surface area contributed by atoms with Gasteiger partial charge in [-0.3, -0.25) is 9.69 Å². The molecular formula is C9H16N2O2. The van der Waals surface area contributed by atoms with Crippen LogP contribution < -0.4 is 0 Å². The molecule has 1 N–H and O–H groups in total. The fourth-order valence-corrected chi connectivity index (χ4v) is 1.20. The molecule has 0 aromatic rings. The molecule has 4 heteroatoms. The third-order valence-electron chi connectivity index (χ3n) is 1.93. The van der Waals surface area contributed by atoms with Crippen LogP contribution in [0.2, 0.25) is 0 Å². The van der Waals surface area contributed by atoms with E-state index in [1.165, 1.54) is 0 Å². The van der Waals surface area contributed by atoms with Crippen molar-refractivity contribution in [3.8, 4) is 6.07 Å². The van der Waals surface area contributed by atoms with Crippen LogP contribution >= 0.6 is 0 Å². The smallest absolute Gasteiger partial charge is 0.304 e. The van der Waals surface area contributed by atoms with Gasteiger partial charge in [-0.25, -0.2) is 0 Å².